The van der Waals surface area contributed by atoms with Gasteiger partial charge in [0.25, 0.3) is 0 Å². The van der Waals surface area contributed by atoms with E-state index in [4.69, 9.17) is 10.00 Å². The summed E-state index contributed by atoms with van der Waals surface area (Å²) in [7, 11) is 0. The molecular formula is C12H12F3N3O. The van der Waals surface area contributed by atoms with Crippen molar-refractivity contribution in [2.24, 2.45) is 0 Å². The molecule has 0 unspecified atom stereocenters. The standard InChI is InChI=1S/C12H12F3N3O/c13-12(14,15)10-3-2-9(8-16)11(17-10)18-4-1-6-19-7-5-18/h2-3H,1,4-7H2. The first-order valence-electron chi connectivity index (χ1n) is 5.83. The molecule has 2 rings (SSSR count). The van der Waals surface area contributed by atoms with Crippen molar-refractivity contribution in [2.45, 2.75) is 12.6 Å². The van der Waals surface area contributed by atoms with Gasteiger partial charge in [0.1, 0.15) is 17.6 Å². The van der Waals surface area contributed by atoms with Gasteiger partial charge in [-0.2, -0.15) is 18.4 Å². The minimum Gasteiger partial charge on any atom is -0.380 e. The van der Waals surface area contributed by atoms with Crippen molar-refractivity contribution in [3.05, 3.63) is 23.4 Å². The van der Waals surface area contributed by atoms with Crippen molar-refractivity contribution in [1.82, 2.24) is 4.98 Å². The summed E-state index contributed by atoms with van der Waals surface area (Å²) in [5.41, 5.74) is -0.832. The molecule has 2 heterocycles. The van der Waals surface area contributed by atoms with E-state index in [0.29, 0.717) is 32.7 Å². The van der Waals surface area contributed by atoms with Gasteiger partial charge in [-0.05, 0) is 18.6 Å². The predicted octanol–water partition coefficient (Wildman–Crippen LogP) is 2.20. The molecule has 1 fully saturated rings. The highest BCUT2D eigenvalue weighted by Gasteiger charge is 2.33. The second-order valence-electron chi connectivity index (χ2n) is 4.13. The molecule has 102 valence electrons. The maximum atomic E-state index is 12.7. The van der Waals surface area contributed by atoms with E-state index in [-0.39, 0.29) is 11.4 Å². The van der Waals surface area contributed by atoms with Crippen LogP contribution in [0, 0.1) is 11.3 Å². The highest BCUT2D eigenvalue weighted by atomic mass is 19.4. The number of halogens is 3. The zero-order valence-corrected chi connectivity index (χ0v) is 10.1. The molecule has 19 heavy (non-hydrogen) atoms. The summed E-state index contributed by atoms with van der Waals surface area (Å²) in [6.45, 7) is 1.95. The molecule has 0 saturated carbocycles. The molecule has 0 amide bonds. The Morgan fingerprint density at radius 1 is 1.26 bits per heavy atom. The van der Waals surface area contributed by atoms with Crippen LogP contribution in [-0.4, -0.2) is 31.3 Å². The number of hydrogen-bond donors (Lipinski definition) is 0. The number of ether oxygens (including phenoxy) is 1. The normalized spacial score (nSPS) is 16.8. The van der Waals surface area contributed by atoms with Crippen LogP contribution >= 0.6 is 0 Å². The number of aromatic nitrogens is 1. The van der Waals surface area contributed by atoms with Gasteiger partial charge in [-0.25, -0.2) is 4.98 Å². The van der Waals surface area contributed by atoms with Gasteiger partial charge in [-0.15, -0.1) is 0 Å². The summed E-state index contributed by atoms with van der Waals surface area (Å²) in [6.07, 6.45) is -3.81. The molecule has 0 bridgehead atoms. The van der Waals surface area contributed by atoms with Gasteiger partial charge in [0.2, 0.25) is 0 Å². The van der Waals surface area contributed by atoms with E-state index in [1.54, 1.807) is 4.90 Å². The molecule has 0 aromatic carbocycles. The SMILES string of the molecule is N#Cc1ccc(C(F)(F)F)nc1N1CCCOCC1. The van der Waals surface area contributed by atoms with E-state index in [9.17, 15) is 13.2 Å². The minimum atomic E-state index is -4.51. The summed E-state index contributed by atoms with van der Waals surface area (Å²) < 4.78 is 43.2. The van der Waals surface area contributed by atoms with Gasteiger partial charge < -0.3 is 9.64 Å². The Hall–Kier alpha value is -1.81. The molecule has 7 heteroatoms. The molecule has 1 aromatic rings. The zero-order chi connectivity index (χ0) is 13.9. The molecular weight excluding hydrogens is 259 g/mol. The van der Waals surface area contributed by atoms with Gasteiger partial charge in [0, 0.05) is 19.7 Å². The van der Waals surface area contributed by atoms with Crippen LogP contribution in [0.1, 0.15) is 17.7 Å². The van der Waals surface area contributed by atoms with Crippen molar-refractivity contribution in [1.29, 1.82) is 5.26 Å². The van der Waals surface area contributed by atoms with Crippen molar-refractivity contribution in [3.8, 4) is 6.07 Å². The van der Waals surface area contributed by atoms with Crippen LogP contribution in [0.3, 0.4) is 0 Å². The van der Waals surface area contributed by atoms with Crippen molar-refractivity contribution >= 4 is 5.82 Å². The Morgan fingerprint density at radius 2 is 2.05 bits per heavy atom. The molecule has 4 nitrogen and oxygen atoms in total. The number of hydrogen-bond acceptors (Lipinski definition) is 4. The van der Waals surface area contributed by atoms with Crippen molar-refractivity contribution in [3.63, 3.8) is 0 Å². The second-order valence-corrected chi connectivity index (χ2v) is 4.13. The average Bonchev–Trinajstić information content (AvgIpc) is 2.65. The topological polar surface area (TPSA) is 49.2 Å². The monoisotopic (exact) mass is 271 g/mol. The summed E-state index contributed by atoms with van der Waals surface area (Å²) in [6, 6.07) is 3.87. The lowest BCUT2D eigenvalue weighted by Crippen LogP contribution is -2.28. The van der Waals surface area contributed by atoms with Crippen molar-refractivity contribution < 1.29 is 17.9 Å². The molecule has 0 aliphatic carbocycles. The smallest absolute Gasteiger partial charge is 0.380 e. The maximum Gasteiger partial charge on any atom is 0.433 e. The minimum absolute atomic E-state index is 0.0859. The van der Waals surface area contributed by atoms with Crippen LogP contribution < -0.4 is 4.90 Å². The lowest BCUT2D eigenvalue weighted by molar-refractivity contribution is -0.141. The molecule has 1 saturated heterocycles. The number of pyridine rings is 1. The molecule has 1 aliphatic heterocycles. The first kappa shape index (κ1) is 13.6. The lowest BCUT2D eigenvalue weighted by Gasteiger charge is -2.22. The number of nitrogens with zero attached hydrogens (tertiary/aromatic N) is 3. The van der Waals surface area contributed by atoms with Gasteiger partial charge in [-0.1, -0.05) is 0 Å². The Kier molecular flexibility index (Phi) is 3.90. The van der Waals surface area contributed by atoms with E-state index in [1.165, 1.54) is 0 Å². The largest absolute Gasteiger partial charge is 0.433 e. The first-order valence-corrected chi connectivity index (χ1v) is 5.83. The third-order valence-electron chi connectivity index (χ3n) is 2.81. The van der Waals surface area contributed by atoms with E-state index in [1.807, 2.05) is 6.07 Å². The van der Waals surface area contributed by atoms with Crippen LogP contribution in [-0.2, 0) is 10.9 Å². The lowest BCUT2D eigenvalue weighted by atomic mass is 10.2. The highest BCUT2D eigenvalue weighted by molar-refractivity contribution is 5.54. The van der Waals surface area contributed by atoms with E-state index in [0.717, 1.165) is 12.1 Å². The van der Waals surface area contributed by atoms with Gasteiger partial charge in [-0.3, -0.25) is 0 Å². The molecule has 0 N–H and O–H groups in total. The quantitative estimate of drug-likeness (QED) is 0.785. The maximum absolute atomic E-state index is 12.7. The first-order chi connectivity index (χ1) is 9.02. The third kappa shape index (κ3) is 3.15. The van der Waals surface area contributed by atoms with Gasteiger partial charge >= 0.3 is 6.18 Å². The molecule has 0 spiro atoms. The Labute approximate surface area is 108 Å². The molecule has 1 aromatic heterocycles. The number of nitriles is 1. The average molecular weight is 271 g/mol. The zero-order valence-electron chi connectivity index (χ0n) is 10.1. The summed E-state index contributed by atoms with van der Waals surface area (Å²) >= 11 is 0. The van der Waals surface area contributed by atoms with E-state index < -0.39 is 11.9 Å². The van der Waals surface area contributed by atoms with Crippen molar-refractivity contribution in [2.75, 3.05) is 31.2 Å². The fourth-order valence-electron chi connectivity index (χ4n) is 1.89. The third-order valence-corrected chi connectivity index (χ3v) is 2.81. The molecule has 0 radical (unpaired) electrons. The number of rotatable bonds is 1. The number of anilines is 1. The Morgan fingerprint density at radius 3 is 2.74 bits per heavy atom. The Balaban J connectivity index is 2.38. The van der Waals surface area contributed by atoms with Gasteiger partial charge in [0.05, 0.1) is 12.2 Å². The summed E-state index contributed by atoms with van der Waals surface area (Å²) in [4.78, 5) is 5.27. The van der Waals surface area contributed by atoms with Crippen LogP contribution in [0.15, 0.2) is 12.1 Å². The molecule has 0 atom stereocenters. The summed E-state index contributed by atoms with van der Waals surface area (Å²) in [5.74, 6) is 0.0859. The fraction of sp³-hybridized carbons (Fsp3) is 0.500. The van der Waals surface area contributed by atoms with Crippen LogP contribution in [0.5, 0.6) is 0 Å². The van der Waals surface area contributed by atoms with E-state index in [2.05, 4.69) is 4.98 Å². The molecule has 1 aliphatic rings. The van der Waals surface area contributed by atoms with Crippen LogP contribution in [0.25, 0.3) is 0 Å². The highest BCUT2D eigenvalue weighted by Crippen LogP contribution is 2.30. The number of alkyl halides is 3. The fourth-order valence-corrected chi connectivity index (χ4v) is 1.89. The second kappa shape index (κ2) is 5.45. The van der Waals surface area contributed by atoms with Gasteiger partial charge in [0.15, 0.2) is 0 Å². The predicted molar refractivity (Wildman–Crippen MR) is 61.6 cm³/mol. The summed E-state index contributed by atoms with van der Waals surface area (Å²) in [5, 5.41) is 8.98. The van der Waals surface area contributed by atoms with Crippen LogP contribution in [0.4, 0.5) is 19.0 Å². The van der Waals surface area contributed by atoms with Crippen LogP contribution in [0.2, 0.25) is 0 Å². The Bertz CT molecular complexity index is 488. The van der Waals surface area contributed by atoms with E-state index >= 15 is 0 Å².